The molecule has 2 rings (SSSR count). The highest BCUT2D eigenvalue weighted by Gasteiger charge is 2.21. The Bertz CT molecular complexity index is 794. The van der Waals surface area contributed by atoms with Crippen molar-refractivity contribution >= 4 is 22.7 Å². The molecule has 5 nitrogen and oxygen atoms in total. The highest BCUT2D eigenvalue weighted by molar-refractivity contribution is 7.85. The fraction of sp³-hybridized carbons (Fsp3) is 0.222. The van der Waals surface area contributed by atoms with E-state index in [-0.39, 0.29) is 24.2 Å². The lowest BCUT2D eigenvalue weighted by Crippen LogP contribution is -2.42. The fourth-order valence-electron chi connectivity index (χ4n) is 2.32. The van der Waals surface area contributed by atoms with E-state index in [1.807, 2.05) is 0 Å². The number of amides is 1. The van der Waals surface area contributed by atoms with Gasteiger partial charge in [-0.05, 0) is 36.2 Å². The van der Waals surface area contributed by atoms with E-state index in [2.05, 4.69) is 5.32 Å². The number of carboxylic acid groups (broad SMARTS) is 1. The van der Waals surface area contributed by atoms with Crippen LogP contribution in [0.25, 0.3) is 0 Å². The van der Waals surface area contributed by atoms with Gasteiger partial charge in [0.05, 0.1) is 17.2 Å². The van der Waals surface area contributed by atoms with E-state index in [0.29, 0.717) is 11.0 Å². The number of carboxylic acids is 1. The van der Waals surface area contributed by atoms with Crippen molar-refractivity contribution in [1.29, 1.82) is 0 Å². The van der Waals surface area contributed by atoms with Crippen molar-refractivity contribution in [2.75, 3.05) is 5.75 Å². The van der Waals surface area contributed by atoms with Crippen molar-refractivity contribution in [2.24, 2.45) is 0 Å². The molecule has 138 valence electrons. The quantitative estimate of drug-likeness (QED) is 0.735. The first kappa shape index (κ1) is 19.7. The Morgan fingerprint density at radius 1 is 1.08 bits per heavy atom. The fourth-order valence-corrected chi connectivity index (χ4v) is 3.46. The van der Waals surface area contributed by atoms with Crippen molar-refractivity contribution in [1.82, 2.24) is 5.32 Å². The average Bonchev–Trinajstić information content (AvgIpc) is 2.57. The summed E-state index contributed by atoms with van der Waals surface area (Å²) in [6, 6.07) is 10.0. The molecule has 2 atom stereocenters. The number of carbonyl (C=O) groups excluding carboxylic acids is 1. The minimum atomic E-state index is -1.39. The van der Waals surface area contributed by atoms with Crippen LogP contribution in [0.3, 0.4) is 0 Å². The molecule has 2 aromatic carbocycles. The van der Waals surface area contributed by atoms with Crippen LogP contribution in [0.15, 0.2) is 53.4 Å². The third-order valence-electron chi connectivity index (χ3n) is 3.52. The van der Waals surface area contributed by atoms with Gasteiger partial charge in [-0.25, -0.2) is 13.6 Å². The first-order chi connectivity index (χ1) is 12.3. The molecule has 0 aliphatic heterocycles. The predicted octanol–water partition coefficient (Wildman–Crippen LogP) is 2.27. The summed E-state index contributed by atoms with van der Waals surface area (Å²) in [4.78, 5) is 23.8. The second kappa shape index (κ2) is 9.19. The Balaban J connectivity index is 1.93. The van der Waals surface area contributed by atoms with E-state index < -0.39 is 40.4 Å². The molecule has 0 bridgehead atoms. The number of hydrogen-bond donors (Lipinski definition) is 2. The molecule has 0 unspecified atom stereocenters. The van der Waals surface area contributed by atoms with Crippen LogP contribution in [-0.2, 0) is 26.8 Å². The standard InChI is InChI=1S/C18H17F2NO4S/c19-13-8-12(9-14(20)11-13)10-17(22)21-16(18(23)24)6-7-26(25)15-4-2-1-3-5-15/h1-5,8-9,11,16H,6-7,10H2,(H,21,22)(H,23,24)/t16-,26-/m0/s1. The minimum Gasteiger partial charge on any atom is -0.480 e. The van der Waals surface area contributed by atoms with Crippen LogP contribution in [0.2, 0.25) is 0 Å². The largest absolute Gasteiger partial charge is 0.480 e. The number of halogens is 2. The summed E-state index contributed by atoms with van der Waals surface area (Å²) in [5, 5.41) is 11.5. The van der Waals surface area contributed by atoms with Gasteiger partial charge in [-0.3, -0.25) is 9.00 Å². The number of benzene rings is 2. The van der Waals surface area contributed by atoms with Crippen LogP contribution in [0.4, 0.5) is 8.78 Å². The predicted molar refractivity (Wildman–Crippen MR) is 92.0 cm³/mol. The van der Waals surface area contributed by atoms with Gasteiger partial charge in [0.15, 0.2) is 0 Å². The van der Waals surface area contributed by atoms with Gasteiger partial charge in [-0.1, -0.05) is 18.2 Å². The molecule has 0 fully saturated rings. The van der Waals surface area contributed by atoms with Gasteiger partial charge < -0.3 is 10.4 Å². The van der Waals surface area contributed by atoms with Crippen molar-refractivity contribution in [3.8, 4) is 0 Å². The Labute approximate surface area is 151 Å². The zero-order valence-corrected chi connectivity index (χ0v) is 14.5. The number of carbonyl (C=O) groups is 2. The number of rotatable bonds is 8. The van der Waals surface area contributed by atoms with Crippen molar-refractivity contribution < 1.29 is 27.7 Å². The molecular formula is C18H17F2NO4S. The topological polar surface area (TPSA) is 83.5 Å². The van der Waals surface area contributed by atoms with E-state index in [9.17, 15) is 27.7 Å². The van der Waals surface area contributed by atoms with Gasteiger partial charge in [-0.15, -0.1) is 0 Å². The second-order valence-electron chi connectivity index (χ2n) is 5.56. The third kappa shape index (κ3) is 6.03. The normalized spacial score (nSPS) is 13.0. The lowest BCUT2D eigenvalue weighted by atomic mass is 10.1. The molecule has 0 radical (unpaired) electrons. The van der Waals surface area contributed by atoms with E-state index in [1.165, 1.54) is 0 Å². The highest BCUT2D eigenvalue weighted by Crippen LogP contribution is 2.10. The van der Waals surface area contributed by atoms with Gasteiger partial charge >= 0.3 is 5.97 Å². The molecule has 2 aromatic rings. The zero-order valence-electron chi connectivity index (χ0n) is 13.7. The summed E-state index contributed by atoms with van der Waals surface area (Å²) in [5.41, 5.74) is 0.0944. The van der Waals surface area contributed by atoms with Gasteiger partial charge in [0.2, 0.25) is 5.91 Å². The molecule has 8 heteroatoms. The lowest BCUT2D eigenvalue weighted by Gasteiger charge is -2.14. The van der Waals surface area contributed by atoms with Crippen LogP contribution in [0.5, 0.6) is 0 Å². The maximum atomic E-state index is 13.1. The van der Waals surface area contributed by atoms with E-state index in [4.69, 9.17) is 0 Å². The molecule has 0 aromatic heterocycles. The zero-order chi connectivity index (χ0) is 19.1. The molecule has 2 N–H and O–H groups in total. The van der Waals surface area contributed by atoms with E-state index >= 15 is 0 Å². The highest BCUT2D eigenvalue weighted by atomic mass is 32.2. The molecular weight excluding hydrogens is 364 g/mol. The summed E-state index contributed by atoms with van der Waals surface area (Å²) in [5.74, 6) is -3.54. The summed E-state index contributed by atoms with van der Waals surface area (Å²) in [6.45, 7) is 0. The molecule has 0 aliphatic carbocycles. The summed E-state index contributed by atoms with van der Waals surface area (Å²) in [7, 11) is -1.39. The Morgan fingerprint density at radius 3 is 2.27 bits per heavy atom. The first-order valence-electron chi connectivity index (χ1n) is 7.75. The van der Waals surface area contributed by atoms with Gasteiger partial charge in [0.25, 0.3) is 0 Å². The van der Waals surface area contributed by atoms with E-state index in [1.54, 1.807) is 30.3 Å². The molecule has 0 saturated heterocycles. The SMILES string of the molecule is O=C(Cc1cc(F)cc(F)c1)N[C@@H](CC[S@](=O)c1ccccc1)C(=O)O. The van der Waals surface area contributed by atoms with Crippen LogP contribution in [0.1, 0.15) is 12.0 Å². The van der Waals surface area contributed by atoms with Gasteiger partial charge in [-0.2, -0.15) is 0 Å². The Hall–Kier alpha value is -2.61. The van der Waals surface area contributed by atoms with Gasteiger partial charge in [0, 0.05) is 16.7 Å². The molecule has 0 aliphatic rings. The Kier molecular flexibility index (Phi) is 6.97. The van der Waals surface area contributed by atoms with Crippen LogP contribution < -0.4 is 5.32 Å². The molecule has 0 saturated carbocycles. The van der Waals surface area contributed by atoms with Crippen LogP contribution in [0, 0.1) is 11.6 Å². The van der Waals surface area contributed by atoms with E-state index in [0.717, 1.165) is 12.1 Å². The van der Waals surface area contributed by atoms with Gasteiger partial charge in [0.1, 0.15) is 17.7 Å². The second-order valence-corrected chi connectivity index (χ2v) is 7.13. The molecule has 26 heavy (non-hydrogen) atoms. The monoisotopic (exact) mass is 381 g/mol. The molecule has 0 heterocycles. The average molecular weight is 381 g/mol. The van der Waals surface area contributed by atoms with Crippen LogP contribution in [-0.4, -0.2) is 33.0 Å². The smallest absolute Gasteiger partial charge is 0.326 e. The number of hydrogen-bond acceptors (Lipinski definition) is 3. The first-order valence-corrected chi connectivity index (χ1v) is 9.07. The van der Waals surface area contributed by atoms with Crippen molar-refractivity contribution in [2.45, 2.75) is 23.8 Å². The Morgan fingerprint density at radius 2 is 1.69 bits per heavy atom. The maximum Gasteiger partial charge on any atom is 0.326 e. The molecule has 1 amide bonds. The maximum absolute atomic E-state index is 13.1. The van der Waals surface area contributed by atoms with Crippen LogP contribution >= 0.6 is 0 Å². The summed E-state index contributed by atoms with van der Waals surface area (Å²) < 4.78 is 38.4. The van der Waals surface area contributed by atoms with Crippen molar-refractivity contribution in [3.05, 3.63) is 65.7 Å². The lowest BCUT2D eigenvalue weighted by molar-refractivity contribution is -0.141. The molecule has 0 spiro atoms. The van der Waals surface area contributed by atoms with Crippen molar-refractivity contribution in [3.63, 3.8) is 0 Å². The third-order valence-corrected chi connectivity index (χ3v) is 4.92. The summed E-state index contributed by atoms with van der Waals surface area (Å²) in [6.07, 6.45) is -0.402. The number of nitrogens with one attached hydrogen (secondary N) is 1. The summed E-state index contributed by atoms with van der Waals surface area (Å²) >= 11 is 0. The number of aliphatic carboxylic acids is 1. The minimum absolute atomic E-state index is 0.0416.